The van der Waals surface area contributed by atoms with Crippen LogP contribution in [0.3, 0.4) is 0 Å². The molecule has 0 unspecified atom stereocenters. The second-order valence-electron chi connectivity index (χ2n) is 6.40. The van der Waals surface area contributed by atoms with Gasteiger partial charge in [-0.2, -0.15) is 0 Å². The van der Waals surface area contributed by atoms with Gasteiger partial charge in [-0.3, -0.25) is 4.79 Å². The van der Waals surface area contributed by atoms with E-state index >= 15 is 0 Å². The van der Waals surface area contributed by atoms with Crippen LogP contribution in [0.15, 0.2) is 0 Å². The van der Waals surface area contributed by atoms with Crippen LogP contribution in [0.1, 0.15) is 104 Å². The van der Waals surface area contributed by atoms with Crippen molar-refractivity contribution in [1.82, 2.24) is 4.90 Å². The van der Waals surface area contributed by atoms with Gasteiger partial charge in [-0.1, -0.05) is 84.5 Å². The number of nitrogens with zero attached hydrogens (tertiary/aromatic N) is 1. The summed E-state index contributed by atoms with van der Waals surface area (Å²) < 4.78 is 0. The van der Waals surface area contributed by atoms with E-state index in [1.54, 1.807) is 6.92 Å². The molecule has 0 saturated heterocycles. The maximum Gasteiger partial charge on any atom is 0.219 e. The molecule has 0 rings (SSSR count). The quantitative estimate of drug-likeness (QED) is 0.342. The molecule has 2 nitrogen and oxygen atoms in total. The van der Waals surface area contributed by atoms with Gasteiger partial charge in [0.05, 0.1) is 0 Å². The average molecular weight is 298 g/mol. The number of amides is 1. The summed E-state index contributed by atoms with van der Waals surface area (Å²) in [4.78, 5) is 13.4. The predicted octanol–water partition coefficient (Wildman–Crippen LogP) is 5.95. The highest BCUT2D eigenvalue weighted by atomic mass is 16.2. The van der Waals surface area contributed by atoms with E-state index in [4.69, 9.17) is 0 Å². The Kier molecular flexibility index (Phi) is 15.5. The smallest absolute Gasteiger partial charge is 0.219 e. The van der Waals surface area contributed by atoms with Crippen molar-refractivity contribution >= 4 is 5.91 Å². The van der Waals surface area contributed by atoms with Crippen LogP contribution in [0, 0.1) is 0 Å². The van der Waals surface area contributed by atoms with Crippen LogP contribution in [0.2, 0.25) is 0 Å². The second-order valence-corrected chi connectivity index (χ2v) is 6.40. The van der Waals surface area contributed by atoms with Gasteiger partial charge in [0.25, 0.3) is 0 Å². The summed E-state index contributed by atoms with van der Waals surface area (Å²) in [7, 11) is 0. The molecule has 0 aromatic carbocycles. The third-order valence-electron chi connectivity index (χ3n) is 4.22. The second kappa shape index (κ2) is 15.9. The van der Waals surface area contributed by atoms with Crippen molar-refractivity contribution in [1.29, 1.82) is 0 Å². The molecular weight excluding hydrogens is 258 g/mol. The van der Waals surface area contributed by atoms with Crippen molar-refractivity contribution in [3.63, 3.8) is 0 Å². The van der Waals surface area contributed by atoms with E-state index in [1.807, 2.05) is 4.90 Å². The lowest BCUT2D eigenvalue weighted by molar-refractivity contribution is -0.128. The number of hydrogen-bond donors (Lipinski definition) is 0. The highest BCUT2D eigenvalue weighted by Gasteiger charge is 2.05. The molecule has 0 aliphatic carbocycles. The first kappa shape index (κ1) is 20.5. The summed E-state index contributed by atoms with van der Waals surface area (Å²) in [6, 6.07) is 0. The van der Waals surface area contributed by atoms with Crippen molar-refractivity contribution < 1.29 is 4.79 Å². The molecule has 0 spiro atoms. The minimum atomic E-state index is 0.236. The summed E-state index contributed by atoms with van der Waals surface area (Å²) in [6.45, 7) is 7.99. The van der Waals surface area contributed by atoms with E-state index in [0.717, 1.165) is 19.5 Å². The van der Waals surface area contributed by atoms with Gasteiger partial charge in [0.2, 0.25) is 5.91 Å². The Balaban J connectivity index is 3.23. The minimum Gasteiger partial charge on any atom is -0.343 e. The van der Waals surface area contributed by atoms with Crippen molar-refractivity contribution in [2.24, 2.45) is 0 Å². The monoisotopic (exact) mass is 297 g/mol. The Hall–Kier alpha value is -0.530. The summed E-state index contributed by atoms with van der Waals surface area (Å²) >= 11 is 0. The maximum atomic E-state index is 11.4. The zero-order valence-electron chi connectivity index (χ0n) is 15.0. The molecule has 126 valence electrons. The number of carbonyl (C=O) groups excluding carboxylic acids is 1. The first-order chi connectivity index (χ1) is 10.2. The van der Waals surface area contributed by atoms with Crippen LogP contribution >= 0.6 is 0 Å². The van der Waals surface area contributed by atoms with Crippen LogP contribution in [-0.2, 0) is 4.79 Å². The lowest BCUT2D eigenvalue weighted by Crippen LogP contribution is -2.30. The fourth-order valence-corrected chi connectivity index (χ4v) is 2.84. The molecule has 21 heavy (non-hydrogen) atoms. The summed E-state index contributed by atoms with van der Waals surface area (Å²) in [6.07, 6.45) is 17.6. The van der Waals surface area contributed by atoms with Crippen LogP contribution in [0.25, 0.3) is 0 Å². The number of hydrogen-bond acceptors (Lipinski definition) is 1. The molecular formula is C19H39NO. The van der Waals surface area contributed by atoms with Gasteiger partial charge in [0, 0.05) is 20.0 Å². The Morgan fingerprint density at radius 1 is 0.619 bits per heavy atom. The molecule has 0 bridgehead atoms. The zero-order chi connectivity index (χ0) is 15.8. The molecule has 0 saturated carbocycles. The lowest BCUT2D eigenvalue weighted by Gasteiger charge is -2.19. The van der Waals surface area contributed by atoms with Crippen LogP contribution in [0.4, 0.5) is 0 Å². The van der Waals surface area contributed by atoms with Gasteiger partial charge < -0.3 is 4.90 Å². The van der Waals surface area contributed by atoms with Crippen LogP contribution in [0.5, 0.6) is 0 Å². The standard InChI is InChI=1S/C19H39NO/c1-4-6-7-8-9-10-11-12-13-14-15-16-18-20(17-5-2)19(3)21/h4-18H2,1-3H3. The molecule has 0 N–H and O–H groups in total. The fourth-order valence-electron chi connectivity index (χ4n) is 2.84. The van der Waals surface area contributed by atoms with Gasteiger partial charge in [-0.05, 0) is 12.8 Å². The summed E-state index contributed by atoms with van der Waals surface area (Å²) in [5, 5.41) is 0. The van der Waals surface area contributed by atoms with Crippen LogP contribution < -0.4 is 0 Å². The molecule has 0 aromatic heterocycles. The van der Waals surface area contributed by atoms with E-state index in [1.165, 1.54) is 77.0 Å². The molecule has 0 aromatic rings. The topological polar surface area (TPSA) is 20.3 Å². The number of rotatable bonds is 15. The molecule has 1 amide bonds. The zero-order valence-corrected chi connectivity index (χ0v) is 15.0. The van der Waals surface area contributed by atoms with Gasteiger partial charge in [0.15, 0.2) is 0 Å². The summed E-state index contributed by atoms with van der Waals surface area (Å²) in [5.74, 6) is 0.236. The van der Waals surface area contributed by atoms with Gasteiger partial charge >= 0.3 is 0 Å². The van der Waals surface area contributed by atoms with Crippen molar-refractivity contribution in [2.75, 3.05) is 13.1 Å². The number of carbonyl (C=O) groups is 1. The normalized spacial score (nSPS) is 10.8. The van der Waals surface area contributed by atoms with Gasteiger partial charge in [-0.15, -0.1) is 0 Å². The Labute approximate surface area is 133 Å². The third-order valence-corrected chi connectivity index (χ3v) is 4.22. The molecule has 0 atom stereocenters. The lowest BCUT2D eigenvalue weighted by atomic mass is 10.1. The molecule has 0 fully saturated rings. The predicted molar refractivity (Wildman–Crippen MR) is 93.6 cm³/mol. The Morgan fingerprint density at radius 3 is 1.43 bits per heavy atom. The minimum absolute atomic E-state index is 0.236. The third kappa shape index (κ3) is 14.2. The average Bonchev–Trinajstić information content (AvgIpc) is 2.47. The van der Waals surface area contributed by atoms with E-state index in [0.29, 0.717) is 0 Å². The van der Waals surface area contributed by atoms with E-state index in [9.17, 15) is 4.79 Å². The van der Waals surface area contributed by atoms with E-state index < -0.39 is 0 Å². The molecule has 0 aliphatic heterocycles. The fraction of sp³-hybridized carbons (Fsp3) is 0.947. The molecule has 0 radical (unpaired) electrons. The Morgan fingerprint density at radius 2 is 1.05 bits per heavy atom. The van der Waals surface area contributed by atoms with Crippen molar-refractivity contribution in [3.05, 3.63) is 0 Å². The van der Waals surface area contributed by atoms with E-state index in [-0.39, 0.29) is 5.91 Å². The van der Waals surface area contributed by atoms with Crippen molar-refractivity contribution in [2.45, 2.75) is 104 Å². The SMILES string of the molecule is CCCCCCCCCCCCCCN(CCC)C(C)=O. The number of unbranched alkanes of at least 4 members (excludes halogenated alkanes) is 11. The highest BCUT2D eigenvalue weighted by molar-refractivity contribution is 5.73. The van der Waals surface area contributed by atoms with Crippen LogP contribution in [-0.4, -0.2) is 23.9 Å². The van der Waals surface area contributed by atoms with E-state index in [2.05, 4.69) is 13.8 Å². The molecule has 0 heterocycles. The van der Waals surface area contributed by atoms with Gasteiger partial charge in [0.1, 0.15) is 0 Å². The molecule has 2 heteroatoms. The Bertz CT molecular complexity index is 228. The highest BCUT2D eigenvalue weighted by Crippen LogP contribution is 2.12. The summed E-state index contributed by atoms with van der Waals surface area (Å²) in [5.41, 5.74) is 0. The first-order valence-corrected chi connectivity index (χ1v) is 9.47. The molecule has 0 aliphatic rings. The van der Waals surface area contributed by atoms with Gasteiger partial charge in [-0.25, -0.2) is 0 Å². The first-order valence-electron chi connectivity index (χ1n) is 9.47. The van der Waals surface area contributed by atoms with Crippen molar-refractivity contribution in [3.8, 4) is 0 Å². The maximum absolute atomic E-state index is 11.4. The largest absolute Gasteiger partial charge is 0.343 e.